The van der Waals surface area contributed by atoms with Crippen molar-refractivity contribution in [2.45, 2.75) is 17.5 Å². The number of carbonyl (C=O) groups is 2. The number of aromatic nitrogens is 2. The lowest BCUT2D eigenvalue weighted by Gasteiger charge is -2.17. The van der Waals surface area contributed by atoms with Crippen LogP contribution in [0.4, 0.5) is 5.69 Å². The van der Waals surface area contributed by atoms with Gasteiger partial charge in [0, 0.05) is 20.7 Å². The van der Waals surface area contributed by atoms with E-state index < -0.39 is 27.9 Å². The molecule has 186 valence electrons. The molecule has 0 aliphatic carbocycles. The molecular weight excluding hydrogens is 707 g/mol. The zero-order valence-corrected chi connectivity index (χ0v) is 24.0. The first-order valence-electron chi connectivity index (χ1n) is 10.0. The highest BCUT2D eigenvalue weighted by atomic mass is 127. The first-order chi connectivity index (χ1) is 17.0. The van der Waals surface area contributed by atoms with Crippen LogP contribution in [0.25, 0.3) is 10.1 Å². The molecule has 0 aliphatic heterocycles. The summed E-state index contributed by atoms with van der Waals surface area (Å²) in [6, 6.07) is 9.84. The number of sulfonamides is 1. The van der Waals surface area contributed by atoms with Crippen LogP contribution in [0, 0.1) is 3.57 Å². The molecule has 9 nitrogen and oxygen atoms in total. The number of amides is 1. The van der Waals surface area contributed by atoms with E-state index >= 15 is 0 Å². The second kappa shape index (κ2) is 11.0. The van der Waals surface area contributed by atoms with Crippen LogP contribution in [0.15, 0.2) is 64.4 Å². The minimum absolute atomic E-state index is 0.0141. The second-order valence-electron chi connectivity index (χ2n) is 7.47. The predicted molar refractivity (Wildman–Crippen MR) is 149 cm³/mol. The number of rotatable bonds is 8. The number of nitrogens with zero attached hydrogens (tertiary/aromatic N) is 2. The van der Waals surface area contributed by atoms with Crippen molar-refractivity contribution in [2.24, 2.45) is 0 Å². The normalized spacial score (nSPS) is 12.3. The standard InChI is InChI=1S/C22H15BrClIN4O5S2/c23-15-7-11(1-4-16(15)24)8-18(22(31)32)28-20(30)13-3-2-12(25)9-17(13)29-36(33,34)21-14-10-27-35-19(14)5-6-26-21/h1-7,9-10,18,29H,8H2,(H,28,30)(H,31,32)/t18-/m0/s1. The van der Waals surface area contributed by atoms with Crippen LogP contribution < -0.4 is 10.0 Å². The van der Waals surface area contributed by atoms with Gasteiger partial charge in [0.25, 0.3) is 15.9 Å². The molecule has 3 N–H and O–H groups in total. The van der Waals surface area contributed by atoms with Gasteiger partial charge in [-0.1, -0.05) is 17.7 Å². The largest absolute Gasteiger partial charge is 0.480 e. The molecule has 0 aliphatic rings. The van der Waals surface area contributed by atoms with Gasteiger partial charge in [0.2, 0.25) is 0 Å². The molecular formula is C22H15BrClIN4O5S2. The molecule has 0 spiro atoms. The third-order valence-electron chi connectivity index (χ3n) is 5.00. The van der Waals surface area contributed by atoms with Crippen molar-refractivity contribution in [3.63, 3.8) is 0 Å². The van der Waals surface area contributed by atoms with Gasteiger partial charge in [-0.15, -0.1) is 0 Å². The number of nitrogens with one attached hydrogen (secondary N) is 2. The number of carbonyl (C=O) groups excluding carboxylic acids is 1. The number of aliphatic carboxylic acids is 1. The van der Waals surface area contributed by atoms with Gasteiger partial charge in [-0.25, -0.2) is 9.78 Å². The van der Waals surface area contributed by atoms with Crippen molar-refractivity contribution in [1.82, 2.24) is 14.7 Å². The zero-order valence-electron chi connectivity index (χ0n) is 17.9. The van der Waals surface area contributed by atoms with Crippen LogP contribution in [-0.4, -0.2) is 40.8 Å². The Hall–Kier alpha value is -2.33. The van der Waals surface area contributed by atoms with E-state index in [4.69, 9.17) is 11.6 Å². The monoisotopic (exact) mass is 720 g/mol. The van der Waals surface area contributed by atoms with E-state index in [9.17, 15) is 23.1 Å². The van der Waals surface area contributed by atoms with E-state index in [2.05, 4.69) is 35.3 Å². The zero-order chi connectivity index (χ0) is 26.0. The maximum atomic E-state index is 13.2. The quantitative estimate of drug-likeness (QED) is 0.219. The molecule has 0 saturated carbocycles. The smallest absolute Gasteiger partial charge is 0.326 e. The summed E-state index contributed by atoms with van der Waals surface area (Å²) < 4.78 is 34.7. The number of pyridine rings is 1. The van der Waals surface area contributed by atoms with Gasteiger partial charge in [0.15, 0.2) is 5.03 Å². The van der Waals surface area contributed by atoms with Crippen LogP contribution >= 0.6 is 61.7 Å². The first-order valence-corrected chi connectivity index (χ1v) is 14.5. The van der Waals surface area contributed by atoms with E-state index in [1.54, 1.807) is 30.3 Å². The Bertz CT molecular complexity index is 1600. The summed E-state index contributed by atoms with van der Waals surface area (Å²) >= 11 is 12.4. The Morgan fingerprint density at radius 1 is 1.19 bits per heavy atom. The number of hydrogen-bond acceptors (Lipinski definition) is 7. The Kier molecular flexibility index (Phi) is 8.14. The van der Waals surface area contributed by atoms with E-state index in [1.165, 1.54) is 24.5 Å². The van der Waals surface area contributed by atoms with Crippen LogP contribution in [0.1, 0.15) is 15.9 Å². The van der Waals surface area contributed by atoms with Crippen molar-refractivity contribution in [2.75, 3.05) is 4.72 Å². The molecule has 4 aromatic rings. The average Bonchev–Trinajstić information content (AvgIpc) is 3.29. The fraction of sp³-hybridized carbons (Fsp3) is 0.0909. The Labute approximate surface area is 236 Å². The minimum Gasteiger partial charge on any atom is -0.480 e. The molecule has 36 heavy (non-hydrogen) atoms. The summed E-state index contributed by atoms with van der Waals surface area (Å²) in [5, 5.41) is 12.8. The molecule has 0 fully saturated rings. The third-order valence-corrected chi connectivity index (χ3v) is 8.97. The number of benzene rings is 2. The first kappa shape index (κ1) is 26.7. The van der Waals surface area contributed by atoms with Gasteiger partial charge in [-0.05, 0) is 92.0 Å². The number of hydrogen-bond donors (Lipinski definition) is 3. The van der Waals surface area contributed by atoms with Gasteiger partial charge in [0.1, 0.15) is 6.04 Å². The number of carboxylic acids is 1. The van der Waals surface area contributed by atoms with E-state index in [1.807, 2.05) is 22.6 Å². The number of fused-ring (bicyclic) bond motifs is 1. The summed E-state index contributed by atoms with van der Waals surface area (Å²) in [6.07, 6.45) is 2.76. The van der Waals surface area contributed by atoms with Gasteiger partial charge < -0.3 is 10.4 Å². The topological polar surface area (TPSA) is 138 Å². The van der Waals surface area contributed by atoms with Gasteiger partial charge in [0.05, 0.1) is 32.6 Å². The lowest BCUT2D eigenvalue weighted by Crippen LogP contribution is -2.42. The maximum Gasteiger partial charge on any atom is 0.326 e. The molecule has 4 rings (SSSR count). The SMILES string of the molecule is O=C(N[C@@H](Cc1ccc(Cl)c(Br)c1)C(=O)O)c1ccc(I)cc1NS(=O)(=O)c1nccc2sncc12. The summed E-state index contributed by atoms with van der Waals surface area (Å²) in [6.45, 7) is 0. The minimum atomic E-state index is -4.20. The number of anilines is 1. The molecule has 1 atom stereocenters. The maximum absolute atomic E-state index is 13.2. The molecule has 0 unspecified atom stereocenters. The van der Waals surface area contributed by atoms with Crippen LogP contribution in [0.2, 0.25) is 5.02 Å². The van der Waals surface area contributed by atoms with Crippen LogP contribution in [-0.2, 0) is 21.2 Å². The molecule has 1 amide bonds. The highest BCUT2D eigenvalue weighted by Crippen LogP contribution is 2.28. The summed E-state index contributed by atoms with van der Waals surface area (Å²) in [5.41, 5.74) is 0.573. The van der Waals surface area contributed by atoms with Crippen LogP contribution in [0.5, 0.6) is 0 Å². The van der Waals surface area contributed by atoms with Gasteiger partial charge >= 0.3 is 5.97 Å². The number of halogens is 3. The molecule has 2 heterocycles. The molecule has 0 bridgehead atoms. The Morgan fingerprint density at radius 2 is 1.97 bits per heavy atom. The average molecular weight is 722 g/mol. The molecule has 0 saturated heterocycles. The second-order valence-corrected chi connectivity index (χ2v) is 12.4. The van der Waals surface area contributed by atoms with E-state index in [0.717, 1.165) is 11.5 Å². The Balaban J connectivity index is 1.62. The van der Waals surface area contributed by atoms with Gasteiger partial charge in [-0.3, -0.25) is 9.52 Å². The summed E-state index contributed by atoms with van der Waals surface area (Å²) in [4.78, 5) is 29.0. The lowest BCUT2D eigenvalue weighted by atomic mass is 10.1. The van der Waals surface area contributed by atoms with Crippen LogP contribution in [0.3, 0.4) is 0 Å². The molecule has 14 heteroatoms. The van der Waals surface area contributed by atoms with Crippen molar-refractivity contribution >= 4 is 99.3 Å². The van der Waals surface area contributed by atoms with Crippen molar-refractivity contribution in [1.29, 1.82) is 0 Å². The number of carboxylic acid groups (broad SMARTS) is 1. The molecule has 0 radical (unpaired) electrons. The molecule has 2 aromatic carbocycles. The van der Waals surface area contributed by atoms with Crippen molar-refractivity contribution < 1.29 is 23.1 Å². The summed E-state index contributed by atoms with van der Waals surface area (Å²) in [7, 11) is -4.20. The summed E-state index contributed by atoms with van der Waals surface area (Å²) in [5.74, 6) is -2.00. The molecule has 2 aromatic heterocycles. The van der Waals surface area contributed by atoms with E-state index in [-0.39, 0.29) is 22.7 Å². The van der Waals surface area contributed by atoms with E-state index in [0.29, 0.717) is 28.7 Å². The highest BCUT2D eigenvalue weighted by molar-refractivity contribution is 14.1. The van der Waals surface area contributed by atoms with Gasteiger partial charge in [-0.2, -0.15) is 12.8 Å². The Morgan fingerprint density at radius 3 is 2.69 bits per heavy atom. The third kappa shape index (κ3) is 5.96. The highest BCUT2D eigenvalue weighted by Gasteiger charge is 2.26. The fourth-order valence-corrected chi connectivity index (χ4v) is 6.26. The lowest BCUT2D eigenvalue weighted by molar-refractivity contribution is -0.139. The predicted octanol–water partition coefficient (Wildman–Crippen LogP) is 4.94. The van der Waals surface area contributed by atoms with Crippen molar-refractivity contribution in [3.05, 3.63) is 79.1 Å². The van der Waals surface area contributed by atoms with Crippen molar-refractivity contribution in [3.8, 4) is 0 Å². The fourth-order valence-electron chi connectivity index (χ4n) is 3.32.